The molecule has 4 heteroatoms. The van der Waals surface area contributed by atoms with Crippen LogP contribution in [0, 0.1) is 5.92 Å². The van der Waals surface area contributed by atoms with Crippen molar-refractivity contribution in [3.8, 4) is 0 Å². The summed E-state index contributed by atoms with van der Waals surface area (Å²) in [5.74, 6) is -0.494. The van der Waals surface area contributed by atoms with Crippen LogP contribution >= 0.6 is 0 Å². The van der Waals surface area contributed by atoms with Gasteiger partial charge in [-0.15, -0.1) is 0 Å². The molecule has 1 aromatic carbocycles. The van der Waals surface area contributed by atoms with Crippen molar-refractivity contribution in [1.82, 2.24) is 0 Å². The van der Waals surface area contributed by atoms with E-state index in [1.165, 1.54) is 57.8 Å². The molecule has 0 N–H and O–H groups in total. The summed E-state index contributed by atoms with van der Waals surface area (Å²) in [6.45, 7) is 7.34. The lowest BCUT2D eigenvalue weighted by atomic mass is 9.99. The van der Waals surface area contributed by atoms with Gasteiger partial charge >= 0.3 is 11.9 Å². The van der Waals surface area contributed by atoms with Gasteiger partial charge in [0.25, 0.3) is 0 Å². The van der Waals surface area contributed by atoms with Crippen LogP contribution in [0.3, 0.4) is 0 Å². The molecule has 0 aromatic heterocycles. The van der Waals surface area contributed by atoms with Crippen molar-refractivity contribution in [2.24, 2.45) is 5.92 Å². The van der Waals surface area contributed by atoms with Crippen molar-refractivity contribution in [3.63, 3.8) is 0 Å². The van der Waals surface area contributed by atoms with Gasteiger partial charge in [0.1, 0.15) is 0 Å². The minimum Gasteiger partial charge on any atom is -0.462 e. The van der Waals surface area contributed by atoms with Crippen molar-refractivity contribution in [1.29, 1.82) is 0 Å². The van der Waals surface area contributed by atoms with Crippen LogP contribution in [0.5, 0.6) is 0 Å². The van der Waals surface area contributed by atoms with Crippen LogP contribution in [0.2, 0.25) is 0 Å². The summed E-state index contributed by atoms with van der Waals surface area (Å²) in [5, 5.41) is 0. The molecule has 0 amide bonds. The Bertz CT molecular complexity index is 634. The zero-order valence-electron chi connectivity index (χ0n) is 21.5. The Labute approximate surface area is 202 Å². The molecular formula is C29H48O4. The van der Waals surface area contributed by atoms with Gasteiger partial charge in [0.05, 0.1) is 24.3 Å². The van der Waals surface area contributed by atoms with E-state index >= 15 is 0 Å². The maximum Gasteiger partial charge on any atom is 0.339 e. The summed E-state index contributed by atoms with van der Waals surface area (Å²) in [6, 6.07) is 6.81. The predicted molar refractivity (Wildman–Crippen MR) is 137 cm³/mol. The largest absolute Gasteiger partial charge is 0.462 e. The van der Waals surface area contributed by atoms with Crippen molar-refractivity contribution >= 4 is 11.9 Å². The highest BCUT2D eigenvalue weighted by Gasteiger charge is 2.20. The number of rotatable bonds is 20. The summed E-state index contributed by atoms with van der Waals surface area (Å²) in [7, 11) is 0. The molecule has 0 aliphatic carbocycles. The summed E-state index contributed by atoms with van der Waals surface area (Å²) >= 11 is 0. The summed E-state index contributed by atoms with van der Waals surface area (Å²) < 4.78 is 11.0. The molecule has 0 radical (unpaired) electrons. The average molecular weight is 461 g/mol. The van der Waals surface area contributed by atoms with Crippen LogP contribution in [0.1, 0.15) is 138 Å². The normalized spacial score (nSPS) is 11.0. The molecule has 0 aliphatic rings. The topological polar surface area (TPSA) is 52.6 Å². The molecule has 4 nitrogen and oxygen atoms in total. The first-order valence-electron chi connectivity index (χ1n) is 13.6. The average Bonchev–Trinajstić information content (AvgIpc) is 2.83. The number of carbonyl (C=O) groups is 2. The standard InChI is InChI=1S/C29H48O4/c1-4-7-8-9-10-11-12-13-14-15-18-23-32-28(30)26-21-16-17-22-27(26)29(31)33-24-25(19-5-2)20-6-3/h16-17,21-22,25H,4-15,18-20,23-24H2,1-3H3. The first-order chi connectivity index (χ1) is 16.1. The van der Waals surface area contributed by atoms with Gasteiger partial charge in [0, 0.05) is 0 Å². The van der Waals surface area contributed by atoms with E-state index in [9.17, 15) is 9.59 Å². The Hall–Kier alpha value is -1.84. The number of hydrogen-bond donors (Lipinski definition) is 0. The first kappa shape index (κ1) is 29.2. The molecule has 0 aliphatic heterocycles. The van der Waals surface area contributed by atoms with Crippen LogP contribution in [-0.4, -0.2) is 25.2 Å². The van der Waals surface area contributed by atoms with Crippen LogP contribution in [0.25, 0.3) is 0 Å². The molecule has 33 heavy (non-hydrogen) atoms. The molecule has 0 spiro atoms. The highest BCUT2D eigenvalue weighted by Crippen LogP contribution is 2.17. The van der Waals surface area contributed by atoms with Crippen molar-refractivity contribution in [3.05, 3.63) is 35.4 Å². The van der Waals surface area contributed by atoms with Crippen LogP contribution in [0.4, 0.5) is 0 Å². The summed E-state index contributed by atoms with van der Waals surface area (Å²) in [6.07, 6.45) is 18.0. The zero-order valence-corrected chi connectivity index (χ0v) is 21.5. The van der Waals surface area contributed by atoms with E-state index in [4.69, 9.17) is 9.47 Å². The summed E-state index contributed by atoms with van der Waals surface area (Å²) in [4.78, 5) is 25.2. The van der Waals surface area contributed by atoms with Gasteiger partial charge in [-0.05, 0) is 37.3 Å². The minimum absolute atomic E-state index is 0.299. The van der Waals surface area contributed by atoms with Gasteiger partial charge in [-0.2, -0.15) is 0 Å². The van der Waals surface area contributed by atoms with Gasteiger partial charge in [-0.3, -0.25) is 0 Å². The monoisotopic (exact) mass is 460 g/mol. The molecule has 1 aromatic rings. The highest BCUT2D eigenvalue weighted by atomic mass is 16.5. The van der Waals surface area contributed by atoms with E-state index in [0.717, 1.165) is 38.5 Å². The van der Waals surface area contributed by atoms with Crippen molar-refractivity contribution in [2.45, 2.75) is 117 Å². The quantitative estimate of drug-likeness (QED) is 0.144. The second-order valence-electron chi connectivity index (χ2n) is 9.26. The third-order valence-electron chi connectivity index (χ3n) is 6.19. The van der Waals surface area contributed by atoms with Crippen LogP contribution in [0.15, 0.2) is 24.3 Å². The Morgan fingerprint density at radius 2 is 1.09 bits per heavy atom. The highest BCUT2D eigenvalue weighted by molar-refractivity contribution is 6.03. The molecule has 0 bridgehead atoms. The van der Waals surface area contributed by atoms with Crippen LogP contribution < -0.4 is 0 Å². The molecule has 0 heterocycles. The maximum atomic E-state index is 12.6. The Morgan fingerprint density at radius 3 is 1.58 bits per heavy atom. The van der Waals surface area contributed by atoms with E-state index in [1.807, 2.05) is 0 Å². The number of benzene rings is 1. The van der Waals surface area contributed by atoms with Gasteiger partial charge in [0.2, 0.25) is 0 Å². The minimum atomic E-state index is -0.437. The second kappa shape index (κ2) is 19.6. The third-order valence-corrected chi connectivity index (χ3v) is 6.19. The Morgan fingerprint density at radius 1 is 0.636 bits per heavy atom. The number of carbonyl (C=O) groups excluding carboxylic acids is 2. The van der Waals surface area contributed by atoms with E-state index < -0.39 is 11.9 Å². The fraction of sp³-hybridized carbons (Fsp3) is 0.724. The molecule has 1 rings (SSSR count). The zero-order chi connectivity index (χ0) is 24.2. The van der Waals surface area contributed by atoms with Crippen molar-refractivity contribution in [2.75, 3.05) is 13.2 Å². The van der Waals surface area contributed by atoms with E-state index in [1.54, 1.807) is 24.3 Å². The van der Waals surface area contributed by atoms with E-state index in [0.29, 0.717) is 30.3 Å². The molecule has 0 fully saturated rings. The van der Waals surface area contributed by atoms with Gasteiger partial charge in [-0.25, -0.2) is 9.59 Å². The predicted octanol–water partition coefficient (Wildman–Crippen LogP) is 8.53. The lowest BCUT2D eigenvalue weighted by molar-refractivity contribution is 0.0402. The van der Waals surface area contributed by atoms with Gasteiger partial charge < -0.3 is 9.47 Å². The lowest BCUT2D eigenvalue weighted by Gasteiger charge is -2.16. The number of esters is 2. The molecule has 0 saturated carbocycles. The summed E-state index contributed by atoms with van der Waals surface area (Å²) in [5.41, 5.74) is 0.598. The Kier molecular flexibility index (Phi) is 17.4. The van der Waals surface area contributed by atoms with Gasteiger partial charge in [-0.1, -0.05) is 110 Å². The lowest BCUT2D eigenvalue weighted by Crippen LogP contribution is -2.18. The fourth-order valence-electron chi connectivity index (χ4n) is 4.25. The first-order valence-corrected chi connectivity index (χ1v) is 13.6. The number of hydrogen-bond acceptors (Lipinski definition) is 4. The SMILES string of the molecule is CCCCCCCCCCCCCOC(=O)c1ccccc1C(=O)OCC(CCC)CCC. The molecule has 0 atom stereocenters. The fourth-order valence-corrected chi connectivity index (χ4v) is 4.25. The molecule has 188 valence electrons. The molecule has 0 saturated heterocycles. The molecule has 0 unspecified atom stereocenters. The van der Waals surface area contributed by atoms with E-state index in [2.05, 4.69) is 20.8 Å². The number of unbranched alkanes of at least 4 members (excludes halogenated alkanes) is 10. The second-order valence-corrected chi connectivity index (χ2v) is 9.26. The molecular weight excluding hydrogens is 412 g/mol. The van der Waals surface area contributed by atoms with E-state index in [-0.39, 0.29) is 0 Å². The maximum absolute atomic E-state index is 12.6. The van der Waals surface area contributed by atoms with Crippen molar-refractivity contribution < 1.29 is 19.1 Å². The number of ether oxygens (including phenoxy) is 2. The smallest absolute Gasteiger partial charge is 0.339 e. The Balaban J connectivity index is 2.30. The third kappa shape index (κ3) is 13.5. The van der Waals surface area contributed by atoms with Crippen LogP contribution in [-0.2, 0) is 9.47 Å². The van der Waals surface area contributed by atoms with Gasteiger partial charge in [0.15, 0.2) is 0 Å².